The molecule has 4 nitrogen and oxygen atoms in total. The average molecular weight is 537 g/mol. The Morgan fingerprint density at radius 3 is 2.76 bits per heavy atom. The summed E-state index contributed by atoms with van der Waals surface area (Å²) in [4.78, 5) is 18.9. The van der Waals surface area contributed by atoms with Gasteiger partial charge in [-0.05, 0) is 78.1 Å². The number of carbonyl (C=O) groups excluding carboxylic acids is 1. The van der Waals surface area contributed by atoms with Crippen molar-refractivity contribution in [2.75, 3.05) is 5.32 Å². The zero-order valence-electron chi connectivity index (χ0n) is 15.4. The Morgan fingerprint density at radius 2 is 1.97 bits per heavy atom. The maximum absolute atomic E-state index is 13.1. The van der Waals surface area contributed by atoms with Crippen LogP contribution in [0.3, 0.4) is 0 Å². The number of nitrogens with zero attached hydrogens (tertiary/aromatic N) is 1. The minimum Gasteiger partial charge on any atom is -0.506 e. The molecule has 7 heteroatoms. The number of anilines is 1. The van der Waals surface area contributed by atoms with Gasteiger partial charge in [0.05, 0.1) is 9.13 Å². The van der Waals surface area contributed by atoms with Crippen LogP contribution in [0.4, 0.5) is 10.7 Å². The Kier molecular flexibility index (Phi) is 6.22. The first-order valence-electron chi connectivity index (χ1n) is 9.26. The summed E-state index contributed by atoms with van der Waals surface area (Å²) in [7, 11) is 0. The fourth-order valence-electron chi connectivity index (χ4n) is 3.40. The number of aromatic hydroxyl groups is 1. The number of halogens is 2. The van der Waals surface area contributed by atoms with Gasteiger partial charge in [0.15, 0.2) is 0 Å². The van der Waals surface area contributed by atoms with Crippen LogP contribution >= 0.6 is 45.5 Å². The van der Waals surface area contributed by atoms with Crippen LogP contribution in [0, 0.1) is 3.57 Å². The van der Waals surface area contributed by atoms with Crippen molar-refractivity contribution >= 4 is 68.3 Å². The standard InChI is InChI=1S/C22H18ClIN2O2S/c23-14-10-13(20(27)17(24)11-14)12-25-22-19(16-8-4-5-9-18(16)29-22)21(28)26-15-6-2-1-3-7-15/h1-3,6-7,10-12,27H,4-5,8-9H2,(H,26,28). The highest BCUT2D eigenvalue weighted by Gasteiger charge is 2.25. The van der Waals surface area contributed by atoms with E-state index in [4.69, 9.17) is 11.6 Å². The number of thiophene rings is 1. The van der Waals surface area contributed by atoms with Crippen LogP contribution in [0.1, 0.15) is 39.2 Å². The van der Waals surface area contributed by atoms with Crippen LogP contribution in [0.25, 0.3) is 0 Å². The number of rotatable bonds is 4. The number of hydrogen-bond acceptors (Lipinski definition) is 4. The molecule has 3 aromatic rings. The van der Waals surface area contributed by atoms with E-state index in [1.54, 1.807) is 29.7 Å². The molecule has 1 aliphatic rings. The normalized spacial score (nSPS) is 13.4. The number of carbonyl (C=O) groups is 1. The van der Waals surface area contributed by atoms with Gasteiger partial charge in [-0.25, -0.2) is 4.99 Å². The maximum atomic E-state index is 13.1. The SMILES string of the molecule is O=C(Nc1ccccc1)c1c(N=Cc2cc(Cl)cc(I)c2O)sc2c1CCCC2. The van der Waals surface area contributed by atoms with Gasteiger partial charge >= 0.3 is 0 Å². The summed E-state index contributed by atoms with van der Waals surface area (Å²) in [6.07, 6.45) is 5.65. The molecule has 2 aromatic carbocycles. The topological polar surface area (TPSA) is 61.7 Å². The lowest BCUT2D eigenvalue weighted by atomic mass is 9.95. The summed E-state index contributed by atoms with van der Waals surface area (Å²) >= 11 is 9.71. The van der Waals surface area contributed by atoms with Crippen LogP contribution in [0.2, 0.25) is 5.02 Å². The lowest BCUT2D eigenvalue weighted by molar-refractivity contribution is 0.102. The molecular formula is C22H18ClIN2O2S. The maximum Gasteiger partial charge on any atom is 0.259 e. The molecule has 29 heavy (non-hydrogen) atoms. The van der Waals surface area contributed by atoms with E-state index < -0.39 is 0 Å². The van der Waals surface area contributed by atoms with E-state index >= 15 is 0 Å². The smallest absolute Gasteiger partial charge is 0.259 e. The molecular weight excluding hydrogens is 519 g/mol. The third-order valence-electron chi connectivity index (χ3n) is 4.79. The Morgan fingerprint density at radius 1 is 1.21 bits per heavy atom. The lowest BCUT2D eigenvalue weighted by Crippen LogP contribution is -2.14. The number of fused-ring (bicyclic) bond motifs is 1. The van der Waals surface area contributed by atoms with Gasteiger partial charge in [-0.3, -0.25) is 4.79 Å². The molecule has 1 heterocycles. The quantitative estimate of drug-likeness (QED) is 0.292. The minimum absolute atomic E-state index is 0.135. The molecule has 0 saturated carbocycles. The lowest BCUT2D eigenvalue weighted by Gasteiger charge is -2.12. The van der Waals surface area contributed by atoms with Crippen molar-refractivity contribution < 1.29 is 9.90 Å². The largest absolute Gasteiger partial charge is 0.506 e. The number of amides is 1. The van der Waals surface area contributed by atoms with E-state index in [1.165, 1.54) is 4.88 Å². The highest BCUT2D eigenvalue weighted by Crippen LogP contribution is 2.40. The van der Waals surface area contributed by atoms with Gasteiger partial charge in [0.2, 0.25) is 0 Å². The second-order valence-electron chi connectivity index (χ2n) is 6.79. The molecule has 0 saturated heterocycles. The van der Waals surface area contributed by atoms with Gasteiger partial charge in [-0.15, -0.1) is 11.3 Å². The monoisotopic (exact) mass is 536 g/mol. The van der Waals surface area contributed by atoms with E-state index in [1.807, 2.05) is 52.9 Å². The second-order valence-corrected chi connectivity index (χ2v) is 9.48. The molecule has 0 aliphatic heterocycles. The Labute approximate surface area is 191 Å². The molecule has 1 aromatic heterocycles. The van der Waals surface area contributed by atoms with Crippen LogP contribution in [0.15, 0.2) is 47.5 Å². The van der Waals surface area contributed by atoms with Gasteiger partial charge in [-0.1, -0.05) is 29.8 Å². The fraction of sp³-hybridized carbons (Fsp3) is 0.182. The molecule has 4 rings (SSSR count). The second kappa shape index (κ2) is 8.85. The van der Waals surface area contributed by atoms with Crippen molar-refractivity contribution in [3.05, 3.63) is 72.6 Å². The summed E-state index contributed by atoms with van der Waals surface area (Å²) in [5.41, 5.74) is 3.03. The van der Waals surface area contributed by atoms with Gasteiger partial charge < -0.3 is 10.4 Å². The summed E-state index contributed by atoms with van der Waals surface area (Å²) in [6.45, 7) is 0. The van der Waals surface area contributed by atoms with E-state index in [2.05, 4.69) is 10.3 Å². The van der Waals surface area contributed by atoms with Crippen molar-refractivity contribution in [2.24, 2.45) is 4.99 Å². The third-order valence-corrected chi connectivity index (χ3v) is 7.03. The molecule has 1 amide bonds. The first kappa shape index (κ1) is 20.4. The molecule has 148 valence electrons. The Balaban J connectivity index is 1.72. The number of aliphatic imine (C=N–C) groups is 1. The van der Waals surface area contributed by atoms with E-state index in [9.17, 15) is 9.90 Å². The highest BCUT2D eigenvalue weighted by molar-refractivity contribution is 14.1. The summed E-state index contributed by atoms with van der Waals surface area (Å²) < 4.78 is 0.657. The van der Waals surface area contributed by atoms with Crippen molar-refractivity contribution in [1.29, 1.82) is 0 Å². The van der Waals surface area contributed by atoms with Gasteiger partial charge in [0.1, 0.15) is 10.8 Å². The Bertz CT molecular complexity index is 1100. The van der Waals surface area contributed by atoms with Crippen molar-refractivity contribution in [1.82, 2.24) is 0 Å². The molecule has 0 unspecified atom stereocenters. The predicted octanol–water partition coefficient (Wildman–Crippen LogP) is 6.59. The minimum atomic E-state index is -0.146. The Hall–Kier alpha value is -1.90. The molecule has 2 N–H and O–H groups in total. The van der Waals surface area contributed by atoms with Crippen LogP contribution < -0.4 is 5.32 Å². The summed E-state index contributed by atoms with van der Waals surface area (Å²) in [6, 6.07) is 12.8. The first-order valence-corrected chi connectivity index (χ1v) is 11.5. The van der Waals surface area contributed by atoms with E-state index in [-0.39, 0.29) is 11.7 Å². The average Bonchev–Trinajstić information content (AvgIpc) is 3.09. The van der Waals surface area contributed by atoms with Crippen LogP contribution in [0.5, 0.6) is 5.75 Å². The number of phenolic OH excluding ortho intramolecular Hbond substituents is 1. The zero-order valence-corrected chi connectivity index (χ0v) is 19.1. The van der Waals surface area contributed by atoms with Gasteiger partial charge in [0, 0.05) is 27.4 Å². The number of para-hydroxylation sites is 1. The number of phenols is 1. The third kappa shape index (κ3) is 4.49. The molecule has 0 spiro atoms. The van der Waals surface area contributed by atoms with Gasteiger partial charge in [0.25, 0.3) is 5.91 Å². The number of nitrogens with one attached hydrogen (secondary N) is 1. The number of aryl methyl sites for hydroxylation is 1. The highest BCUT2D eigenvalue weighted by atomic mass is 127. The van der Waals surface area contributed by atoms with Crippen molar-refractivity contribution in [3.8, 4) is 5.75 Å². The van der Waals surface area contributed by atoms with Crippen LogP contribution in [-0.4, -0.2) is 17.2 Å². The fourth-order valence-corrected chi connectivity index (χ4v) is 5.69. The molecule has 0 bridgehead atoms. The van der Waals surface area contributed by atoms with Crippen LogP contribution in [-0.2, 0) is 12.8 Å². The molecule has 0 radical (unpaired) electrons. The number of benzene rings is 2. The van der Waals surface area contributed by atoms with Crippen molar-refractivity contribution in [2.45, 2.75) is 25.7 Å². The van der Waals surface area contributed by atoms with E-state index in [0.717, 1.165) is 36.9 Å². The van der Waals surface area contributed by atoms with E-state index in [0.29, 0.717) is 24.7 Å². The predicted molar refractivity (Wildman–Crippen MR) is 128 cm³/mol. The summed E-state index contributed by atoms with van der Waals surface area (Å²) in [5.74, 6) is -0.0111. The number of hydrogen-bond donors (Lipinski definition) is 2. The van der Waals surface area contributed by atoms with Crippen molar-refractivity contribution in [3.63, 3.8) is 0 Å². The molecule has 0 atom stereocenters. The first-order chi connectivity index (χ1) is 14.0. The summed E-state index contributed by atoms with van der Waals surface area (Å²) in [5, 5.41) is 14.5. The molecule has 1 aliphatic carbocycles. The zero-order chi connectivity index (χ0) is 20.4. The van der Waals surface area contributed by atoms with Gasteiger partial charge in [-0.2, -0.15) is 0 Å². The molecule has 0 fully saturated rings.